The van der Waals surface area contributed by atoms with Gasteiger partial charge in [-0.1, -0.05) is 42.0 Å². The Bertz CT molecular complexity index is 1700. The van der Waals surface area contributed by atoms with Gasteiger partial charge < -0.3 is 9.15 Å². The van der Waals surface area contributed by atoms with Crippen LogP contribution in [0.5, 0.6) is 11.8 Å². The Morgan fingerprint density at radius 3 is 2.57 bits per heavy atom. The molecule has 0 N–H and O–H groups in total. The zero-order valence-corrected chi connectivity index (χ0v) is 19.1. The number of benzene rings is 2. The average Bonchev–Trinajstić information content (AvgIpc) is 3.63. The van der Waals surface area contributed by atoms with E-state index in [1.807, 2.05) is 66.2 Å². The van der Waals surface area contributed by atoms with Gasteiger partial charge in [-0.2, -0.15) is 5.10 Å². The Labute approximate surface area is 200 Å². The molecule has 0 aliphatic carbocycles. The van der Waals surface area contributed by atoms with E-state index in [0.29, 0.717) is 23.2 Å². The van der Waals surface area contributed by atoms with Crippen LogP contribution in [0.3, 0.4) is 0 Å². The van der Waals surface area contributed by atoms with E-state index in [2.05, 4.69) is 24.0 Å². The van der Waals surface area contributed by atoms with Crippen molar-refractivity contribution in [3.8, 4) is 28.8 Å². The van der Waals surface area contributed by atoms with Crippen LogP contribution < -0.4 is 4.74 Å². The van der Waals surface area contributed by atoms with Crippen LogP contribution >= 0.6 is 0 Å². The Hall–Kier alpha value is -4.72. The fourth-order valence-corrected chi connectivity index (χ4v) is 4.77. The largest absolute Gasteiger partial charge is 0.468 e. The highest BCUT2D eigenvalue weighted by atomic mass is 16.5. The van der Waals surface area contributed by atoms with Crippen molar-refractivity contribution in [2.75, 3.05) is 0 Å². The van der Waals surface area contributed by atoms with Crippen LogP contribution in [-0.4, -0.2) is 29.4 Å². The number of rotatable bonds is 3. The lowest BCUT2D eigenvalue weighted by Crippen LogP contribution is -2.15. The molecule has 8 nitrogen and oxygen atoms in total. The molecular weight excluding hydrogens is 440 g/mol. The van der Waals surface area contributed by atoms with Crippen LogP contribution in [0.2, 0.25) is 0 Å². The third-order valence-electron chi connectivity index (χ3n) is 6.32. The number of aromatic nitrogens is 6. The second-order valence-corrected chi connectivity index (χ2v) is 8.64. The highest BCUT2D eigenvalue weighted by Crippen LogP contribution is 2.49. The molecule has 2 aromatic carbocycles. The van der Waals surface area contributed by atoms with E-state index in [-0.39, 0.29) is 5.92 Å². The van der Waals surface area contributed by atoms with Gasteiger partial charge in [0.15, 0.2) is 11.5 Å². The van der Waals surface area contributed by atoms with Crippen LogP contribution in [0.4, 0.5) is 0 Å². The summed E-state index contributed by atoms with van der Waals surface area (Å²) in [5.74, 6) is 2.18. The minimum Gasteiger partial charge on any atom is -0.468 e. The third-order valence-corrected chi connectivity index (χ3v) is 6.32. The molecule has 0 bridgehead atoms. The monoisotopic (exact) mass is 460 g/mol. The lowest BCUT2D eigenvalue weighted by atomic mass is 9.88. The molecule has 0 saturated heterocycles. The van der Waals surface area contributed by atoms with Crippen LogP contribution in [-0.2, 0) is 0 Å². The normalized spacial score (nSPS) is 14.5. The molecule has 0 radical (unpaired) electrons. The van der Waals surface area contributed by atoms with Gasteiger partial charge in [0.05, 0.1) is 34.7 Å². The first-order valence-corrected chi connectivity index (χ1v) is 11.4. The number of ether oxygens (including phenoxy) is 1. The summed E-state index contributed by atoms with van der Waals surface area (Å²) in [5, 5.41) is 9.54. The molecule has 0 fully saturated rings. The van der Waals surface area contributed by atoms with E-state index in [1.54, 1.807) is 17.1 Å². The van der Waals surface area contributed by atoms with Crippen molar-refractivity contribution < 1.29 is 9.15 Å². The van der Waals surface area contributed by atoms with Gasteiger partial charge in [-0.05, 0) is 44.2 Å². The van der Waals surface area contributed by atoms with Gasteiger partial charge in [0, 0.05) is 5.56 Å². The van der Waals surface area contributed by atoms with E-state index in [1.165, 1.54) is 0 Å². The number of aryl methyl sites for hydroxylation is 2. The third kappa shape index (κ3) is 3.00. The van der Waals surface area contributed by atoms with Gasteiger partial charge in [-0.15, -0.1) is 5.10 Å². The number of hydrogen-bond acceptors (Lipinski definition) is 6. The smallest absolute Gasteiger partial charge is 0.230 e. The number of hydrogen-bond donors (Lipinski definition) is 0. The maximum atomic E-state index is 6.42. The minimum absolute atomic E-state index is 0.299. The highest BCUT2D eigenvalue weighted by Gasteiger charge is 2.39. The second-order valence-electron chi connectivity index (χ2n) is 8.64. The molecule has 8 heteroatoms. The summed E-state index contributed by atoms with van der Waals surface area (Å²) in [4.78, 5) is 9.56. The van der Waals surface area contributed by atoms with E-state index in [4.69, 9.17) is 24.3 Å². The van der Waals surface area contributed by atoms with E-state index in [0.717, 1.165) is 39.4 Å². The summed E-state index contributed by atoms with van der Waals surface area (Å²) in [6.45, 7) is 4.04. The molecule has 0 spiro atoms. The zero-order chi connectivity index (χ0) is 23.5. The van der Waals surface area contributed by atoms with Crippen molar-refractivity contribution >= 4 is 5.65 Å². The molecule has 0 amide bonds. The molecule has 0 unspecified atom stereocenters. The van der Waals surface area contributed by atoms with E-state index in [9.17, 15) is 0 Å². The Balaban J connectivity index is 1.48. The number of fused-ring (bicyclic) bond motifs is 4. The maximum Gasteiger partial charge on any atom is 0.230 e. The highest BCUT2D eigenvalue weighted by molar-refractivity contribution is 5.68. The zero-order valence-electron chi connectivity index (χ0n) is 19.1. The summed E-state index contributed by atoms with van der Waals surface area (Å²) in [7, 11) is 0. The molecule has 4 aromatic heterocycles. The van der Waals surface area contributed by atoms with Crippen molar-refractivity contribution in [1.29, 1.82) is 0 Å². The average molecular weight is 460 g/mol. The van der Waals surface area contributed by atoms with E-state index < -0.39 is 0 Å². The molecule has 1 aliphatic rings. The van der Waals surface area contributed by atoms with Gasteiger partial charge in [-0.25, -0.2) is 19.2 Å². The standard InChI is InChI=1S/C27H20N6O2/c1-16-8-6-9-18(14-16)24-29-25-23-22(20-12-7-13-34-20)21-17(2)30-33(19-10-4-3-5-11-19)27(21)35-26(23)28-15-32(25)31-24/h3-15,22H,1-2H3/t22-/m1/s1. The molecule has 6 aromatic rings. The second kappa shape index (κ2) is 7.39. The summed E-state index contributed by atoms with van der Waals surface area (Å²) >= 11 is 0. The first kappa shape index (κ1) is 19.7. The van der Waals surface area contributed by atoms with Crippen LogP contribution in [0, 0.1) is 13.8 Å². The molecule has 1 atom stereocenters. The Morgan fingerprint density at radius 1 is 0.886 bits per heavy atom. The fraction of sp³-hybridized carbons (Fsp3) is 0.111. The molecule has 1 aliphatic heterocycles. The maximum absolute atomic E-state index is 6.42. The SMILES string of the molecule is Cc1cccc(-c2nc3c4c(ncn3n2)Oc2c(c(C)nn2-c2ccccc2)[C@H]4c2ccco2)c1. The quantitative estimate of drug-likeness (QED) is 0.348. The van der Waals surface area contributed by atoms with Crippen molar-refractivity contribution in [3.05, 3.63) is 107 Å². The van der Waals surface area contributed by atoms with Crippen molar-refractivity contribution in [1.82, 2.24) is 29.4 Å². The predicted octanol–water partition coefficient (Wildman–Crippen LogP) is 5.47. The molecular formula is C27H20N6O2. The lowest BCUT2D eigenvalue weighted by molar-refractivity contribution is 0.392. The van der Waals surface area contributed by atoms with Crippen molar-refractivity contribution in [2.24, 2.45) is 0 Å². The van der Waals surface area contributed by atoms with Gasteiger partial charge in [-0.3, -0.25) is 0 Å². The van der Waals surface area contributed by atoms with Crippen LogP contribution in [0.15, 0.2) is 83.7 Å². The summed E-state index contributed by atoms with van der Waals surface area (Å²) in [6.07, 6.45) is 3.32. The molecule has 170 valence electrons. The number of furan rings is 1. The molecule has 5 heterocycles. The predicted molar refractivity (Wildman–Crippen MR) is 129 cm³/mol. The first-order chi connectivity index (χ1) is 17.2. The summed E-state index contributed by atoms with van der Waals surface area (Å²) < 4.78 is 15.9. The van der Waals surface area contributed by atoms with Gasteiger partial charge in [0.2, 0.25) is 11.8 Å². The summed E-state index contributed by atoms with van der Waals surface area (Å²) in [6, 6.07) is 21.9. The van der Waals surface area contributed by atoms with E-state index >= 15 is 0 Å². The van der Waals surface area contributed by atoms with Gasteiger partial charge >= 0.3 is 0 Å². The number of para-hydroxylation sites is 1. The Kier molecular flexibility index (Phi) is 4.17. The topological polar surface area (TPSA) is 83.3 Å². The fourth-order valence-electron chi connectivity index (χ4n) is 4.77. The summed E-state index contributed by atoms with van der Waals surface area (Å²) in [5.41, 5.74) is 6.24. The molecule has 0 saturated carbocycles. The number of nitrogens with zero attached hydrogens (tertiary/aromatic N) is 6. The lowest BCUT2D eigenvalue weighted by Gasteiger charge is -2.24. The van der Waals surface area contributed by atoms with Gasteiger partial charge in [0.25, 0.3) is 0 Å². The van der Waals surface area contributed by atoms with Crippen molar-refractivity contribution in [3.63, 3.8) is 0 Å². The van der Waals surface area contributed by atoms with Gasteiger partial charge in [0.1, 0.15) is 12.1 Å². The van der Waals surface area contributed by atoms with Crippen molar-refractivity contribution in [2.45, 2.75) is 19.8 Å². The minimum atomic E-state index is -0.299. The van der Waals surface area contributed by atoms with Crippen LogP contribution in [0.1, 0.15) is 34.1 Å². The first-order valence-electron chi connectivity index (χ1n) is 11.4. The molecule has 7 rings (SSSR count). The molecule has 35 heavy (non-hydrogen) atoms. The Morgan fingerprint density at radius 2 is 1.77 bits per heavy atom. The van der Waals surface area contributed by atoms with Crippen LogP contribution in [0.25, 0.3) is 22.7 Å².